The third-order valence-electron chi connectivity index (χ3n) is 7.18. The molecular weight excluding hydrogens is 754 g/mol. The van der Waals surface area contributed by atoms with Crippen molar-refractivity contribution < 1.29 is 23.7 Å². The number of anilines is 2. The molecule has 0 bridgehead atoms. The summed E-state index contributed by atoms with van der Waals surface area (Å²) in [6, 6.07) is 32.6. The SMILES string of the molecule is O=C(CSc1ccc(NC(=O)/C(=C/c2ccc(-c3ccc(Br)cc3)o2)NC(=O)c2ccccc2)cc1)Nc1nc(-c2ccc([N+](=O)[O-])cc2)cs1. The van der Waals surface area contributed by atoms with Crippen LogP contribution in [0.3, 0.4) is 0 Å². The average Bonchev–Trinajstić information content (AvgIpc) is 3.82. The number of nitro groups is 1. The zero-order valence-electron chi connectivity index (χ0n) is 26.4. The number of carbonyl (C=O) groups is 3. The van der Waals surface area contributed by atoms with Crippen molar-refractivity contribution in [1.29, 1.82) is 0 Å². The zero-order chi connectivity index (χ0) is 35.7. The standard InChI is InChI=1S/C37H26BrN5O6S2/c38-26-10-6-24(7-11-26)33-19-16-29(49-33)20-31(40-35(45)25-4-2-1-3-5-25)36(46)39-27-12-17-30(18-13-27)50-22-34(44)42-37-41-32(21-51-37)23-8-14-28(15-9-23)43(47)48/h1-21H,22H2,(H,39,46)(H,40,45)(H,41,42,44)/b31-20-. The number of benzene rings is 4. The van der Waals surface area contributed by atoms with E-state index in [1.165, 1.54) is 41.3 Å². The van der Waals surface area contributed by atoms with Crippen LogP contribution in [-0.2, 0) is 9.59 Å². The van der Waals surface area contributed by atoms with Gasteiger partial charge in [-0.1, -0.05) is 46.3 Å². The van der Waals surface area contributed by atoms with Crippen LogP contribution in [0.15, 0.2) is 140 Å². The number of halogens is 1. The first kappa shape index (κ1) is 35.0. The minimum Gasteiger partial charge on any atom is -0.457 e. The van der Waals surface area contributed by atoms with Crippen molar-refractivity contribution in [2.45, 2.75) is 4.90 Å². The van der Waals surface area contributed by atoms with Crippen LogP contribution in [0.5, 0.6) is 0 Å². The van der Waals surface area contributed by atoms with E-state index in [-0.39, 0.29) is 23.0 Å². The van der Waals surface area contributed by atoms with E-state index in [9.17, 15) is 24.5 Å². The first-order valence-electron chi connectivity index (χ1n) is 15.2. The first-order valence-corrected chi connectivity index (χ1v) is 17.8. The lowest BCUT2D eigenvalue weighted by molar-refractivity contribution is -0.384. The van der Waals surface area contributed by atoms with Crippen LogP contribution in [0.1, 0.15) is 16.1 Å². The maximum absolute atomic E-state index is 13.5. The van der Waals surface area contributed by atoms with Gasteiger partial charge in [-0.25, -0.2) is 4.98 Å². The maximum Gasteiger partial charge on any atom is 0.272 e. The van der Waals surface area contributed by atoms with Gasteiger partial charge in [-0.2, -0.15) is 0 Å². The Balaban J connectivity index is 1.07. The van der Waals surface area contributed by atoms with Crippen molar-refractivity contribution in [2.75, 3.05) is 16.4 Å². The smallest absolute Gasteiger partial charge is 0.272 e. The molecule has 0 aliphatic rings. The Bertz CT molecular complexity index is 2220. The molecule has 254 valence electrons. The molecule has 0 spiro atoms. The van der Waals surface area contributed by atoms with E-state index in [0.29, 0.717) is 39.2 Å². The minimum absolute atomic E-state index is 0.0133. The second-order valence-corrected chi connectivity index (χ2v) is 13.6. The van der Waals surface area contributed by atoms with Crippen molar-refractivity contribution >= 4 is 79.3 Å². The molecule has 2 aromatic heterocycles. The molecule has 14 heteroatoms. The van der Waals surface area contributed by atoms with E-state index < -0.39 is 16.7 Å². The average molecular weight is 781 g/mol. The summed E-state index contributed by atoms with van der Waals surface area (Å²) in [5.41, 5.74) is 2.98. The number of hydrogen-bond acceptors (Lipinski definition) is 9. The summed E-state index contributed by atoms with van der Waals surface area (Å²) in [6.45, 7) is 0. The molecule has 4 aromatic carbocycles. The van der Waals surface area contributed by atoms with Gasteiger partial charge in [0.05, 0.1) is 16.4 Å². The van der Waals surface area contributed by atoms with Crippen molar-refractivity contribution in [2.24, 2.45) is 0 Å². The van der Waals surface area contributed by atoms with Gasteiger partial charge in [0, 0.05) is 55.3 Å². The van der Waals surface area contributed by atoms with Crippen LogP contribution in [0.2, 0.25) is 0 Å². The number of nitrogens with zero attached hydrogens (tertiary/aromatic N) is 2. The molecule has 3 amide bonds. The Kier molecular flexibility index (Phi) is 11.2. The molecule has 6 rings (SSSR count). The number of furan rings is 1. The van der Waals surface area contributed by atoms with Crippen LogP contribution in [0.4, 0.5) is 16.5 Å². The Morgan fingerprint density at radius 3 is 2.27 bits per heavy atom. The quantitative estimate of drug-likeness (QED) is 0.0481. The number of aromatic nitrogens is 1. The summed E-state index contributed by atoms with van der Waals surface area (Å²) >= 11 is 5.98. The lowest BCUT2D eigenvalue weighted by Crippen LogP contribution is -2.30. The fourth-order valence-corrected chi connectivity index (χ4v) is 6.34. The Labute approximate surface area is 308 Å². The lowest BCUT2D eigenvalue weighted by Gasteiger charge is -2.11. The van der Waals surface area contributed by atoms with Gasteiger partial charge in [-0.3, -0.25) is 24.5 Å². The molecule has 3 N–H and O–H groups in total. The fraction of sp³-hybridized carbons (Fsp3) is 0.0270. The number of non-ortho nitro benzene ring substituents is 1. The highest BCUT2D eigenvalue weighted by atomic mass is 79.9. The van der Waals surface area contributed by atoms with E-state index in [2.05, 4.69) is 36.9 Å². The van der Waals surface area contributed by atoms with Gasteiger partial charge in [0.25, 0.3) is 17.5 Å². The topological polar surface area (TPSA) is 156 Å². The molecule has 0 saturated heterocycles. The number of thioether (sulfide) groups is 1. The van der Waals surface area contributed by atoms with Crippen LogP contribution < -0.4 is 16.0 Å². The van der Waals surface area contributed by atoms with Gasteiger partial charge in [0.2, 0.25) is 5.91 Å². The highest BCUT2D eigenvalue weighted by Gasteiger charge is 2.17. The summed E-state index contributed by atoms with van der Waals surface area (Å²) in [6.07, 6.45) is 1.47. The molecule has 0 saturated carbocycles. The summed E-state index contributed by atoms with van der Waals surface area (Å²) in [4.78, 5) is 54.8. The van der Waals surface area contributed by atoms with Crippen LogP contribution in [-0.4, -0.2) is 33.4 Å². The molecule has 0 unspecified atom stereocenters. The Morgan fingerprint density at radius 1 is 0.863 bits per heavy atom. The number of nitrogens with one attached hydrogen (secondary N) is 3. The largest absolute Gasteiger partial charge is 0.457 e. The fourth-order valence-electron chi connectivity index (χ4n) is 4.64. The zero-order valence-corrected chi connectivity index (χ0v) is 29.6. The lowest BCUT2D eigenvalue weighted by atomic mass is 10.1. The van der Waals surface area contributed by atoms with Crippen LogP contribution >= 0.6 is 39.0 Å². The van der Waals surface area contributed by atoms with E-state index in [1.807, 2.05) is 24.3 Å². The van der Waals surface area contributed by atoms with E-state index in [0.717, 1.165) is 14.9 Å². The van der Waals surface area contributed by atoms with E-state index >= 15 is 0 Å². The normalized spacial score (nSPS) is 11.1. The van der Waals surface area contributed by atoms with Crippen molar-refractivity contribution in [3.05, 3.63) is 152 Å². The third-order valence-corrected chi connectivity index (χ3v) is 9.48. The number of carbonyl (C=O) groups excluding carboxylic acids is 3. The minimum atomic E-state index is -0.558. The van der Waals surface area contributed by atoms with Crippen LogP contribution in [0, 0.1) is 10.1 Å². The maximum atomic E-state index is 13.5. The van der Waals surface area contributed by atoms with Gasteiger partial charge < -0.3 is 20.4 Å². The molecule has 0 atom stereocenters. The summed E-state index contributed by atoms with van der Waals surface area (Å²) < 4.78 is 6.91. The number of amides is 3. The van der Waals surface area contributed by atoms with Gasteiger partial charge in [0.15, 0.2) is 5.13 Å². The Morgan fingerprint density at radius 2 is 1.57 bits per heavy atom. The summed E-state index contributed by atoms with van der Waals surface area (Å²) in [5, 5.41) is 21.4. The van der Waals surface area contributed by atoms with Crippen molar-refractivity contribution in [1.82, 2.24) is 10.3 Å². The molecule has 6 aromatic rings. The molecule has 0 radical (unpaired) electrons. The van der Waals surface area contributed by atoms with Crippen LogP contribution in [0.25, 0.3) is 28.7 Å². The van der Waals surface area contributed by atoms with Gasteiger partial charge in [-0.05, 0) is 72.8 Å². The number of rotatable bonds is 12. The van der Waals surface area contributed by atoms with Crippen molar-refractivity contribution in [3.63, 3.8) is 0 Å². The van der Waals surface area contributed by atoms with Crippen molar-refractivity contribution in [3.8, 4) is 22.6 Å². The number of thiazole rings is 1. The molecule has 51 heavy (non-hydrogen) atoms. The van der Waals surface area contributed by atoms with Gasteiger partial charge in [0.1, 0.15) is 17.2 Å². The molecule has 0 aliphatic heterocycles. The molecule has 0 aliphatic carbocycles. The molecule has 11 nitrogen and oxygen atoms in total. The second kappa shape index (κ2) is 16.3. The van der Waals surface area contributed by atoms with Gasteiger partial charge >= 0.3 is 0 Å². The number of nitro benzene ring substituents is 1. The predicted molar refractivity (Wildman–Crippen MR) is 202 cm³/mol. The second-order valence-electron chi connectivity index (χ2n) is 10.7. The van der Waals surface area contributed by atoms with Gasteiger partial charge in [-0.15, -0.1) is 23.1 Å². The van der Waals surface area contributed by atoms with E-state index in [1.54, 1.807) is 84.2 Å². The summed E-state index contributed by atoms with van der Waals surface area (Å²) in [7, 11) is 0. The molecular formula is C37H26BrN5O6S2. The number of hydrogen-bond donors (Lipinski definition) is 3. The Hall–Kier alpha value is -5.83. The molecule has 0 fully saturated rings. The van der Waals surface area contributed by atoms with E-state index in [4.69, 9.17) is 4.42 Å². The monoisotopic (exact) mass is 779 g/mol. The predicted octanol–water partition coefficient (Wildman–Crippen LogP) is 8.88. The highest BCUT2D eigenvalue weighted by Crippen LogP contribution is 2.28. The first-order chi connectivity index (χ1) is 24.7. The molecule has 2 heterocycles. The highest BCUT2D eigenvalue weighted by molar-refractivity contribution is 9.10. The summed E-state index contributed by atoms with van der Waals surface area (Å²) in [5.74, 6) is -0.187. The third kappa shape index (κ3) is 9.45.